The first-order valence-electron chi connectivity index (χ1n) is 3.14. The van der Waals surface area contributed by atoms with E-state index in [1.54, 1.807) is 0 Å². The van der Waals surface area contributed by atoms with Gasteiger partial charge in [0, 0.05) is 0 Å². The Morgan fingerprint density at radius 1 is 1.42 bits per heavy atom. The van der Waals surface area contributed by atoms with Crippen LogP contribution in [-0.2, 0) is 4.74 Å². The van der Waals surface area contributed by atoms with Gasteiger partial charge in [0.25, 0.3) is 0 Å². The van der Waals surface area contributed by atoms with Gasteiger partial charge >= 0.3 is 35.7 Å². The summed E-state index contributed by atoms with van der Waals surface area (Å²) in [5, 5.41) is 0. The van der Waals surface area contributed by atoms with Crippen molar-refractivity contribution in [2.45, 2.75) is 0 Å². The van der Waals surface area contributed by atoms with Gasteiger partial charge in [0.2, 0.25) is 0 Å². The maximum absolute atomic E-state index is 10.1. The number of nitrogens with zero attached hydrogens (tertiary/aromatic N) is 1. The van der Waals surface area contributed by atoms with Crippen LogP contribution in [0.4, 0.5) is 4.79 Å². The van der Waals surface area contributed by atoms with Crippen LogP contribution in [0.15, 0.2) is 0 Å². The number of quaternary nitrogens is 1. The molecule has 4 nitrogen and oxygen atoms in total. The Hall–Kier alpha value is 0.520. The third kappa shape index (κ3) is 16.9. The first-order valence-corrected chi connectivity index (χ1v) is 3.14. The van der Waals surface area contributed by atoms with E-state index in [-0.39, 0.29) is 42.0 Å². The zero-order chi connectivity index (χ0) is 8.20. The molecule has 0 atom stereocenters. The molecule has 0 bridgehead atoms. The molecule has 0 heterocycles. The summed E-state index contributed by atoms with van der Waals surface area (Å²) >= 11 is 0. The molecule has 0 aliphatic rings. The third-order valence-electron chi connectivity index (χ3n) is 1.01. The van der Waals surface area contributed by atoms with Gasteiger partial charge in [0.1, 0.15) is 13.2 Å². The van der Waals surface area contributed by atoms with Gasteiger partial charge in [0.05, 0.1) is 21.1 Å². The minimum atomic E-state index is -0.701. The quantitative estimate of drug-likeness (QED) is 0.380. The van der Waals surface area contributed by atoms with Gasteiger partial charge in [-0.25, -0.2) is 4.79 Å². The molecule has 0 spiro atoms. The summed E-state index contributed by atoms with van der Waals surface area (Å²) in [7, 11) is 6.05. The van der Waals surface area contributed by atoms with Gasteiger partial charge in [-0.2, -0.15) is 0 Å². The van der Waals surface area contributed by atoms with Crippen molar-refractivity contribution in [1.29, 1.82) is 0 Å². The van der Waals surface area contributed by atoms with Crippen molar-refractivity contribution < 1.29 is 26.4 Å². The van der Waals surface area contributed by atoms with Crippen LogP contribution in [0.25, 0.3) is 0 Å². The number of carbonyl (C=O) groups is 1. The van der Waals surface area contributed by atoms with Gasteiger partial charge in [0.15, 0.2) is 0 Å². The molecule has 0 aliphatic heterocycles. The normalized spacial score (nSPS) is 9.25. The minimum absolute atomic E-state index is 0. The van der Waals surface area contributed by atoms with Crippen molar-refractivity contribution in [3.8, 4) is 0 Å². The fourth-order valence-electron chi connectivity index (χ4n) is 0.420. The molecular weight excluding hydrogens is 191 g/mol. The first-order chi connectivity index (χ1) is 4.42. The molecular formula is C6H16ClN2NaO2. The fourth-order valence-corrected chi connectivity index (χ4v) is 0.420. The molecule has 1 amide bonds. The van der Waals surface area contributed by atoms with Crippen LogP contribution in [0.3, 0.4) is 0 Å². The monoisotopic (exact) mass is 206 g/mol. The number of halogens is 1. The summed E-state index contributed by atoms with van der Waals surface area (Å²) in [5.41, 5.74) is 4.75. The Morgan fingerprint density at radius 3 is 2.08 bits per heavy atom. The Balaban J connectivity index is -0.000000405. The van der Waals surface area contributed by atoms with Crippen LogP contribution >= 0.6 is 0 Å². The molecule has 12 heavy (non-hydrogen) atoms. The second kappa shape index (κ2) is 8.13. The number of hydrogen-bond donors (Lipinski definition) is 1. The van der Waals surface area contributed by atoms with Gasteiger partial charge < -0.3 is 27.4 Å². The molecule has 0 unspecified atom stereocenters. The summed E-state index contributed by atoms with van der Waals surface area (Å²) < 4.78 is 5.31. The van der Waals surface area contributed by atoms with Gasteiger partial charge in [-0.05, 0) is 0 Å². The fraction of sp³-hybridized carbons (Fsp3) is 0.833. The predicted molar refractivity (Wildman–Crippen MR) is 45.6 cm³/mol. The summed E-state index contributed by atoms with van der Waals surface area (Å²) in [5.74, 6) is 0. The molecule has 0 saturated carbocycles. The Bertz CT molecular complexity index is 127. The molecule has 0 aromatic heterocycles. The molecule has 0 saturated heterocycles. The standard InChI is InChI=1S/C6H14N2O2.ClH.Na.H/c1-8(2,3)4-5-10-6(7)9;;;/h4-5H2,1-3H3,(H-,7,9);1H;;. The summed E-state index contributed by atoms with van der Waals surface area (Å²) in [6.45, 7) is 1.17. The number of rotatable bonds is 3. The summed E-state index contributed by atoms with van der Waals surface area (Å²) in [4.78, 5) is 10.1. The molecule has 0 radical (unpaired) electrons. The number of likely N-dealkylation sites (N-methyl/N-ethyl adjacent to an activating group) is 1. The van der Waals surface area contributed by atoms with Crippen LogP contribution in [0.5, 0.6) is 0 Å². The third-order valence-corrected chi connectivity index (χ3v) is 1.01. The Labute approximate surface area is 102 Å². The number of ether oxygens (including phenoxy) is 1. The van der Waals surface area contributed by atoms with Crippen molar-refractivity contribution in [1.82, 2.24) is 0 Å². The van der Waals surface area contributed by atoms with Crippen molar-refractivity contribution in [2.75, 3.05) is 34.3 Å². The predicted octanol–water partition coefficient (Wildman–Crippen LogP) is -3.86. The average molecular weight is 207 g/mol. The molecule has 0 aromatic carbocycles. The number of amides is 1. The topological polar surface area (TPSA) is 52.3 Å². The van der Waals surface area contributed by atoms with Crippen LogP contribution in [0, 0.1) is 0 Å². The SMILES string of the molecule is C[N+](C)(C)CCOC(N)=O.[Cl-].[NaH]. The van der Waals surface area contributed by atoms with Crippen LogP contribution in [0.2, 0.25) is 0 Å². The van der Waals surface area contributed by atoms with Crippen molar-refractivity contribution in [3.05, 3.63) is 0 Å². The second-order valence-electron chi connectivity index (χ2n) is 3.18. The number of nitrogens with two attached hydrogens (primary N) is 1. The van der Waals surface area contributed by atoms with E-state index in [1.165, 1.54) is 0 Å². The average Bonchev–Trinajstić information content (AvgIpc) is 1.59. The van der Waals surface area contributed by atoms with E-state index in [0.29, 0.717) is 6.61 Å². The van der Waals surface area contributed by atoms with Crippen LogP contribution in [0.1, 0.15) is 0 Å². The van der Waals surface area contributed by atoms with E-state index in [2.05, 4.69) is 4.74 Å². The molecule has 6 heteroatoms. The number of primary amides is 1. The summed E-state index contributed by atoms with van der Waals surface area (Å²) in [6.07, 6.45) is -0.701. The van der Waals surface area contributed by atoms with E-state index in [4.69, 9.17) is 5.73 Å². The van der Waals surface area contributed by atoms with Crippen molar-refractivity contribution >= 4 is 35.7 Å². The van der Waals surface area contributed by atoms with Crippen LogP contribution in [-0.4, -0.2) is 74.4 Å². The molecule has 2 N–H and O–H groups in total. The Morgan fingerprint density at radius 2 is 1.83 bits per heavy atom. The maximum atomic E-state index is 10.1. The van der Waals surface area contributed by atoms with Gasteiger partial charge in [-0.15, -0.1) is 0 Å². The van der Waals surface area contributed by atoms with Crippen molar-refractivity contribution in [3.63, 3.8) is 0 Å². The second-order valence-corrected chi connectivity index (χ2v) is 3.18. The molecule has 0 fully saturated rings. The van der Waals surface area contributed by atoms with Gasteiger partial charge in [-0.1, -0.05) is 0 Å². The number of hydrogen-bond acceptors (Lipinski definition) is 2. The van der Waals surface area contributed by atoms with E-state index in [0.717, 1.165) is 11.0 Å². The van der Waals surface area contributed by atoms with E-state index in [1.807, 2.05) is 21.1 Å². The molecule has 0 aliphatic carbocycles. The first kappa shape index (κ1) is 18.3. The number of carbonyl (C=O) groups excluding carboxylic acids is 1. The summed E-state index contributed by atoms with van der Waals surface area (Å²) in [6, 6.07) is 0. The zero-order valence-corrected chi connectivity index (χ0v) is 7.89. The van der Waals surface area contributed by atoms with Crippen molar-refractivity contribution in [2.24, 2.45) is 5.73 Å². The molecule has 70 valence electrons. The van der Waals surface area contributed by atoms with Crippen LogP contribution < -0.4 is 18.1 Å². The van der Waals surface area contributed by atoms with E-state index < -0.39 is 6.09 Å². The molecule has 0 rings (SSSR count). The molecule has 0 aromatic rings. The Kier molecular flexibility index (Phi) is 12.4. The van der Waals surface area contributed by atoms with E-state index in [9.17, 15) is 4.79 Å². The van der Waals surface area contributed by atoms with E-state index >= 15 is 0 Å². The van der Waals surface area contributed by atoms with Gasteiger partial charge in [-0.3, -0.25) is 0 Å². The zero-order valence-electron chi connectivity index (χ0n) is 7.13.